The highest BCUT2D eigenvalue weighted by molar-refractivity contribution is 7.98. The first kappa shape index (κ1) is 31.2. The second-order valence-corrected chi connectivity index (χ2v) is 11.3. The van der Waals surface area contributed by atoms with Crippen LogP contribution in [0.25, 0.3) is 10.9 Å². The normalized spacial score (nSPS) is 14.6. The minimum absolute atomic E-state index is 0.0584. The van der Waals surface area contributed by atoms with Crippen molar-refractivity contribution in [3.8, 4) is 0 Å². The third-order valence-electron chi connectivity index (χ3n) is 6.26. The predicted molar refractivity (Wildman–Crippen MR) is 151 cm³/mol. The van der Waals surface area contributed by atoms with Gasteiger partial charge in [-0.05, 0) is 54.7 Å². The van der Waals surface area contributed by atoms with Crippen LogP contribution in [0.3, 0.4) is 0 Å². The van der Waals surface area contributed by atoms with Gasteiger partial charge < -0.3 is 31.8 Å². The van der Waals surface area contributed by atoms with Crippen molar-refractivity contribution in [1.82, 2.24) is 20.9 Å². The zero-order chi connectivity index (χ0) is 28.4. The molecule has 11 heteroatoms. The first-order valence-electron chi connectivity index (χ1n) is 12.9. The number of hydrogen-bond acceptors (Lipinski definition) is 6. The lowest BCUT2D eigenvalue weighted by molar-refractivity contribution is -0.143. The van der Waals surface area contributed by atoms with Gasteiger partial charge in [-0.25, -0.2) is 4.79 Å². The number of carboxylic acid groups (broad SMARTS) is 1. The van der Waals surface area contributed by atoms with Gasteiger partial charge in [0.15, 0.2) is 0 Å². The molecule has 4 atom stereocenters. The van der Waals surface area contributed by atoms with Crippen molar-refractivity contribution in [3.63, 3.8) is 0 Å². The van der Waals surface area contributed by atoms with E-state index in [0.717, 1.165) is 16.5 Å². The average molecular weight is 548 g/mol. The third kappa shape index (κ3) is 9.05. The first-order chi connectivity index (χ1) is 17.9. The molecule has 0 aliphatic carbocycles. The van der Waals surface area contributed by atoms with Crippen LogP contribution in [0.4, 0.5) is 0 Å². The third-order valence-corrected chi connectivity index (χ3v) is 6.91. The van der Waals surface area contributed by atoms with E-state index < -0.39 is 47.9 Å². The van der Waals surface area contributed by atoms with Crippen molar-refractivity contribution in [2.75, 3.05) is 12.0 Å². The van der Waals surface area contributed by atoms with Crippen molar-refractivity contribution in [1.29, 1.82) is 0 Å². The molecule has 4 unspecified atom stereocenters. The molecule has 0 aliphatic heterocycles. The zero-order valence-electron chi connectivity index (χ0n) is 22.7. The van der Waals surface area contributed by atoms with Gasteiger partial charge in [-0.1, -0.05) is 45.9 Å². The van der Waals surface area contributed by atoms with E-state index in [1.165, 1.54) is 11.8 Å². The Balaban J connectivity index is 2.09. The van der Waals surface area contributed by atoms with Crippen LogP contribution in [0.15, 0.2) is 30.5 Å². The molecule has 0 aliphatic rings. The number of nitrogens with two attached hydrogens (primary N) is 1. The summed E-state index contributed by atoms with van der Waals surface area (Å²) >= 11 is 1.53. The van der Waals surface area contributed by atoms with Crippen molar-refractivity contribution in [2.24, 2.45) is 17.6 Å². The summed E-state index contributed by atoms with van der Waals surface area (Å²) in [4.78, 5) is 54.0. The number of nitrogens with one attached hydrogen (secondary N) is 4. The topological polar surface area (TPSA) is 166 Å². The van der Waals surface area contributed by atoms with Crippen LogP contribution in [-0.2, 0) is 25.6 Å². The van der Waals surface area contributed by atoms with Crippen LogP contribution in [0.5, 0.6) is 0 Å². The van der Waals surface area contributed by atoms with Crippen LogP contribution in [-0.4, -0.2) is 70.0 Å². The summed E-state index contributed by atoms with van der Waals surface area (Å²) in [5.74, 6) is -2.34. The summed E-state index contributed by atoms with van der Waals surface area (Å²) in [6, 6.07) is 3.92. The van der Waals surface area contributed by atoms with E-state index in [-0.39, 0.29) is 24.7 Å². The number of thioether (sulfide) groups is 1. The van der Waals surface area contributed by atoms with Crippen molar-refractivity contribution < 1.29 is 24.3 Å². The Morgan fingerprint density at radius 1 is 0.974 bits per heavy atom. The first-order valence-corrected chi connectivity index (χ1v) is 14.3. The lowest BCUT2D eigenvalue weighted by Crippen LogP contribution is -2.58. The molecule has 10 nitrogen and oxygen atoms in total. The molecule has 38 heavy (non-hydrogen) atoms. The van der Waals surface area contributed by atoms with Gasteiger partial charge in [-0.15, -0.1) is 0 Å². The number of benzene rings is 1. The molecule has 0 saturated heterocycles. The number of aromatic nitrogens is 1. The molecule has 0 bridgehead atoms. The summed E-state index contributed by atoms with van der Waals surface area (Å²) < 4.78 is 0. The Morgan fingerprint density at radius 3 is 2.24 bits per heavy atom. The highest BCUT2D eigenvalue weighted by Gasteiger charge is 2.32. The zero-order valence-corrected chi connectivity index (χ0v) is 23.6. The molecule has 0 spiro atoms. The number of carboxylic acids is 1. The van der Waals surface area contributed by atoms with Gasteiger partial charge in [-0.2, -0.15) is 11.8 Å². The Bertz CT molecular complexity index is 1100. The van der Waals surface area contributed by atoms with E-state index in [4.69, 9.17) is 5.73 Å². The number of para-hydroxylation sites is 1. The Labute approximate surface area is 228 Å². The fourth-order valence-electron chi connectivity index (χ4n) is 4.16. The lowest BCUT2D eigenvalue weighted by atomic mass is 10.00. The summed E-state index contributed by atoms with van der Waals surface area (Å²) in [5, 5.41) is 18.5. The van der Waals surface area contributed by atoms with Gasteiger partial charge >= 0.3 is 5.97 Å². The van der Waals surface area contributed by atoms with Gasteiger partial charge in [0, 0.05) is 17.1 Å². The highest BCUT2D eigenvalue weighted by Crippen LogP contribution is 2.19. The number of fused-ring (bicyclic) bond motifs is 1. The summed E-state index contributed by atoms with van der Waals surface area (Å²) in [7, 11) is 0. The molecule has 0 saturated carbocycles. The van der Waals surface area contributed by atoms with Gasteiger partial charge in [0.2, 0.25) is 17.7 Å². The number of carbonyl (C=O) groups is 4. The molecule has 1 aromatic heterocycles. The number of aliphatic carboxylic acids is 1. The number of rotatable bonds is 15. The van der Waals surface area contributed by atoms with E-state index >= 15 is 0 Å². The average Bonchev–Trinajstić information content (AvgIpc) is 3.26. The molecule has 210 valence electrons. The number of amides is 3. The molecule has 1 aromatic carbocycles. The van der Waals surface area contributed by atoms with E-state index in [2.05, 4.69) is 20.9 Å². The largest absolute Gasteiger partial charge is 0.480 e. The molecule has 0 fully saturated rings. The molecule has 3 amide bonds. The second-order valence-electron chi connectivity index (χ2n) is 10.3. The standard InChI is InChI=1S/C27H41N5O5S/c1-15(2)12-22(27(36)37)31-26(35)23(16(3)4)32-25(34)21(10-11-38-5)30-24(33)19(28)13-17-14-29-20-9-7-6-8-18(17)20/h6-9,14-16,19,21-23,29H,10-13,28H2,1-5H3,(H,30,33)(H,31,35)(H,32,34)(H,36,37). The Morgan fingerprint density at radius 2 is 1.63 bits per heavy atom. The van der Waals surface area contributed by atoms with Crippen LogP contribution in [0.2, 0.25) is 0 Å². The van der Waals surface area contributed by atoms with Crippen LogP contribution in [0.1, 0.15) is 46.1 Å². The molecular formula is C27H41N5O5S. The van der Waals surface area contributed by atoms with Crippen LogP contribution in [0, 0.1) is 11.8 Å². The van der Waals surface area contributed by atoms with E-state index in [9.17, 15) is 24.3 Å². The van der Waals surface area contributed by atoms with E-state index in [1.54, 1.807) is 13.8 Å². The smallest absolute Gasteiger partial charge is 0.326 e. The van der Waals surface area contributed by atoms with Crippen molar-refractivity contribution in [3.05, 3.63) is 36.0 Å². The fourth-order valence-corrected chi connectivity index (χ4v) is 4.63. The van der Waals surface area contributed by atoms with E-state index in [1.807, 2.05) is 50.6 Å². The number of carbonyl (C=O) groups excluding carboxylic acids is 3. The fraction of sp³-hybridized carbons (Fsp3) is 0.556. The number of H-pyrrole nitrogens is 1. The molecule has 0 radical (unpaired) electrons. The Kier molecular flexibility index (Phi) is 12.1. The van der Waals surface area contributed by atoms with Gasteiger partial charge in [-0.3, -0.25) is 14.4 Å². The monoisotopic (exact) mass is 547 g/mol. The second kappa shape index (κ2) is 14.8. The summed E-state index contributed by atoms with van der Waals surface area (Å²) in [6.07, 6.45) is 4.61. The molecule has 1 heterocycles. The maximum absolute atomic E-state index is 13.2. The van der Waals surface area contributed by atoms with Crippen LogP contribution >= 0.6 is 11.8 Å². The summed E-state index contributed by atoms with van der Waals surface area (Å²) in [5.41, 5.74) is 8.06. The quantitative estimate of drug-likeness (QED) is 0.198. The van der Waals surface area contributed by atoms with Gasteiger partial charge in [0.05, 0.1) is 6.04 Å². The van der Waals surface area contributed by atoms with Gasteiger partial charge in [0.25, 0.3) is 0 Å². The maximum atomic E-state index is 13.2. The van der Waals surface area contributed by atoms with E-state index in [0.29, 0.717) is 12.2 Å². The molecular weight excluding hydrogens is 506 g/mol. The number of aromatic amines is 1. The minimum Gasteiger partial charge on any atom is -0.480 e. The lowest BCUT2D eigenvalue weighted by Gasteiger charge is -2.27. The summed E-state index contributed by atoms with van der Waals surface area (Å²) in [6.45, 7) is 7.25. The van der Waals surface area contributed by atoms with Crippen molar-refractivity contribution in [2.45, 2.75) is 71.1 Å². The molecule has 2 rings (SSSR count). The minimum atomic E-state index is -1.13. The SMILES string of the molecule is CSCCC(NC(=O)C(N)Cc1c[nH]c2ccccc12)C(=O)NC(C(=O)NC(CC(C)C)C(=O)O)C(C)C. The van der Waals surface area contributed by atoms with Crippen LogP contribution < -0.4 is 21.7 Å². The number of hydrogen-bond donors (Lipinski definition) is 6. The van der Waals surface area contributed by atoms with Gasteiger partial charge in [0.1, 0.15) is 18.1 Å². The maximum Gasteiger partial charge on any atom is 0.326 e. The molecule has 2 aromatic rings. The van der Waals surface area contributed by atoms with Crippen molar-refractivity contribution >= 4 is 46.4 Å². The highest BCUT2D eigenvalue weighted by atomic mass is 32.2. The Hall–Kier alpha value is -3.05. The predicted octanol–water partition coefficient (Wildman–Crippen LogP) is 2.03. The molecule has 7 N–H and O–H groups in total.